The van der Waals surface area contributed by atoms with Crippen LogP contribution in [0.1, 0.15) is 22.4 Å². The number of ether oxygens (including phenoxy) is 1. The molecule has 29 heavy (non-hydrogen) atoms. The van der Waals surface area contributed by atoms with E-state index in [0.717, 1.165) is 33.5 Å². The monoisotopic (exact) mass is 426 g/mol. The first-order valence-electron chi connectivity index (χ1n) is 8.72. The summed E-state index contributed by atoms with van der Waals surface area (Å²) in [5.74, 6) is 0.486. The molecule has 0 bridgehead atoms. The van der Waals surface area contributed by atoms with Gasteiger partial charge in [0.1, 0.15) is 11.2 Å². The third-order valence-corrected chi connectivity index (χ3v) is 5.56. The fraction of sp³-hybridized carbons (Fsp3) is 0.190. The number of halogens is 1. The third kappa shape index (κ3) is 4.24. The van der Waals surface area contributed by atoms with Gasteiger partial charge in [0.05, 0.1) is 29.1 Å². The molecule has 0 saturated heterocycles. The topological polar surface area (TPSA) is 83.2 Å². The summed E-state index contributed by atoms with van der Waals surface area (Å²) >= 11 is 7.20. The molecule has 148 valence electrons. The van der Waals surface area contributed by atoms with Gasteiger partial charge in [0.15, 0.2) is 0 Å². The molecule has 0 atom stereocenters. The highest BCUT2D eigenvalue weighted by Gasteiger charge is 2.13. The minimum absolute atomic E-state index is 0.221. The van der Waals surface area contributed by atoms with E-state index >= 15 is 0 Å². The maximum absolute atomic E-state index is 12.9. The zero-order chi connectivity index (χ0) is 21.1. The Kier molecular flexibility index (Phi) is 6.16. The second kappa shape index (κ2) is 8.60. The van der Waals surface area contributed by atoms with E-state index in [1.165, 1.54) is 11.8 Å². The highest BCUT2D eigenvalue weighted by atomic mass is 35.5. The van der Waals surface area contributed by atoms with Crippen molar-refractivity contribution >= 4 is 35.3 Å². The summed E-state index contributed by atoms with van der Waals surface area (Å²) in [6, 6.07) is 8.95. The quantitative estimate of drug-likeness (QED) is 0.350. The number of nitrogens with zero attached hydrogens (tertiary/aromatic N) is 3. The van der Waals surface area contributed by atoms with Crippen LogP contribution >= 0.6 is 23.4 Å². The number of hydrogen-bond donors (Lipinski definition) is 1. The molecule has 0 aliphatic carbocycles. The minimum atomic E-state index is -0.221. The Morgan fingerprint density at radius 1 is 1.24 bits per heavy atom. The molecule has 1 heterocycles. The lowest BCUT2D eigenvalue weighted by atomic mass is 10.1. The fourth-order valence-electron chi connectivity index (χ4n) is 2.89. The molecule has 1 aromatic heterocycles. The summed E-state index contributed by atoms with van der Waals surface area (Å²) in [6.45, 7) is 5.67. The van der Waals surface area contributed by atoms with E-state index in [9.17, 15) is 4.79 Å². The van der Waals surface area contributed by atoms with Crippen molar-refractivity contribution in [2.24, 2.45) is 4.99 Å². The van der Waals surface area contributed by atoms with Crippen LogP contribution in [0.5, 0.6) is 5.75 Å². The van der Waals surface area contributed by atoms with Crippen molar-refractivity contribution in [3.63, 3.8) is 0 Å². The number of H-pyrrole nitrogens is 1. The van der Waals surface area contributed by atoms with Crippen LogP contribution in [0.15, 0.2) is 45.0 Å². The Labute approximate surface area is 177 Å². The number of aromatic amines is 1. The maximum Gasteiger partial charge on any atom is 0.280 e. The van der Waals surface area contributed by atoms with Crippen LogP contribution in [0.25, 0.3) is 5.69 Å². The van der Waals surface area contributed by atoms with Crippen molar-refractivity contribution in [1.82, 2.24) is 9.78 Å². The number of nitrogens with one attached hydrogen (secondary N) is 1. The largest absolute Gasteiger partial charge is 0.495 e. The summed E-state index contributed by atoms with van der Waals surface area (Å²) in [5, 5.41) is 14.5. The third-order valence-electron chi connectivity index (χ3n) is 4.49. The molecule has 6 nitrogen and oxygen atoms in total. The number of aromatic nitrogens is 2. The predicted molar refractivity (Wildman–Crippen MR) is 117 cm³/mol. The van der Waals surface area contributed by atoms with Gasteiger partial charge in [-0.3, -0.25) is 14.9 Å². The molecule has 3 aromatic rings. The van der Waals surface area contributed by atoms with E-state index in [1.807, 2.05) is 32.9 Å². The van der Waals surface area contributed by atoms with Crippen molar-refractivity contribution in [3.8, 4) is 16.8 Å². The van der Waals surface area contributed by atoms with Gasteiger partial charge in [0, 0.05) is 22.9 Å². The fourth-order valence-corrected chi connectivity index (χ4v) is 3.64. The second-order valence-electron chi connectivity index (χ2n) is 6.47. The van der Waals surface area contributed by atoms with Crippen molar-refractivity contribution < 1.29 is 4.74 Å². The van der Waals surface area contributed by atoms with Crippen molar-refractivity contribution in [2.75, 3.05) is 7.11 Å². The highest BCUT2D eigenvalue weighted by molar-refractivity contribution is 8.03. The second-order valence-corrected chi connectivity index (χ2v) is 7.70. The molecule has 0 aliphatic heterocycles. The van der Waals surface area contributed by atoms with Gasteiger partial charge in [-0.05, 0) is 67.9 Å². The van der Waals surface area contributed by atoms with Gasteiger partial charge in [-0.1, -0.05) is 11.6 Å². The average molecular weight is 427 g/mol. The van der Waals surface area contributed by atoms with Crippen LogP contribution in [0.3, 0.4) is 0 Å². The maximum atomic E-state index is 12.9. The molecule has 0 spiro atoms. The Morgan fingerprint density at radius 3 is 2.69 bits per heavy atom. The van der Waals surface area contributed by atoms with E-state index in [-0.39, 0.29) is 5.56 Å². The molecule has 3 rings (SSSR count). The van der Waals surface area contributed by atoms with Crippen LogP contribution in [0, 0.1) is 31.4 Å². The molecular weight excluding hydrogens is 408 g/mol. The standard InChI is InChI=1S/C21H19ClN4O2S/c1-12-8-20(29-11-23)13(2)7-18(12)24-10-16-14(3)25-26(21(16)27)15-5-6-17(22)19(9-15)28-4/h5-10,25H,1-4H3. The number of hydrogen-bond acceptors (Lipinski definition) is 5. The zero-order valence-electron chi connectivity index (χ0n) is 16.4. The first-order valence-corrected chi connectivity index (χ1v) is 9.92. The lowest BCUT2D eigenvalue weighted by Crippen LogP contribution is -2.17. The van der Waals surface area contributed by atoms with Gasteiger partial charge in [-0.2, -0.15) is 5.26 Å². The normalized spacial score (nSPS) is 11.0. The van der Waals surface area contributed by atoms with Gasteiger partial charge in [-0.15, -0.1) is 0 Å². The van der Waals surface area contributed by atoms with E-state index in [1.54, 1.807) is 24.4 Å². The summed E-state index contributed by atoms with van der Waals surface area (Å²) in [7, 11) is 1.52. The van der Waals surface area contributed by atoms with E-state index < -0.39 is 0 Å². The smallest absolute Gasteiger partial charge is 0.280 e. The Bertz CT molecular complexity index is 1200. The Hall–Kier alpha value is -2.95. The van der Waals surface area contributed by atoms with Gasteiger partial charge < -0.3 is 4.74 Å². The predicted octanol–water partition coefficient (Wildman–Crippen LogP) is 5.08. The molecule has 1 N–H and O–H groups in total. The Morgan fingerprint density at radius 2 is 2.00 bits per heavy atom. The van der Waals surface area contributed by atoms with Crippen LogP contribution in [-0.2, 0) is 0 Å². The number of thiocyanates is 1. The van der Waals surface area contributed by atoms with Crippen LogP contribution < -0.4 is 10.3 Å². The molecule has 0 fully saturated rings. The molecule has 0 radical (unpaired) electrons. The van der Waals surface area contributed by atoms with Gasteiger partial charge in [0.2, 0.25) is 0 Å². The summed E-state index contributed by atoms with van der Waals surface area (Å²) in [5.41, 5.74) is 4.20. The number of aryl methyl sites for hydroxylation is 3. The minimum Gasteiger partial charge on any atom is -0.495 e. The van der Waals surface area contributed by atoms with Gasteiger partial charge >= 0.3 is 0 Å². The number of nitriles is 1. The number of methoxy groups -OCH3 is 1. The van der Waals surface area contributed by atoms with Crippen molar-refractivity contribution in [3.05, 3.63) is 68.1 Å². The first kappa shape index (κ1) is 20.8. The molecule has 0 aliphatic rings. The molecule has 0 amide bonds. The number of benzene rings is 2. The number of aliphatic imine (C=N–C) groups is 1. The van der Waals surface area contributed by atoms with Crippen LogP contribution in [-0.4, -0.2) is 23.1 Å². The Balaban J connectivity index is 1.99. The van der Waals surface area contributed by atoms with Gasteiger partial charge in [0.25, 0.3) is 5.56 Å². The molecule has 0 saturated carbocycles. The van der Waals surface area contributed by atoms with Crippen molar-refractivity contribution in [1.29, 1.82) is 5.26 Å². The van der Waals surface area contributed by atoms with E-state index in [0.29, 0.717) is 27.7 Å². The van der Waals surface area contributed by atoms with Gasteiger partial charge in [-0.25, -0.2) is 4.68 Å². The number of thioether (sulfide) groups is 1. The number of rotatable bonds is 5. The lowest BCUT2D eigenvalue weighted by molar-refractivity contribution is 0.414. The molecule has 2 aromatic carbocycles. The molecular formula is C21H19ClN4O2S. The van der Waals surface area contributed by atoms with E-state index in [2.05, 4.69) is 15.5 Å². The van der Waals surface area contributed by atoms with Crippen molar-refractivity contribution in [2.45, 2.75) is 25.7 Å². The SMILES string of the molecule is COc1cc(-n2[nH]c(C)c(C=Nc3cc(C)c(SC#N)cc3C)c2=O)ccc1Cl. The van der Waals surface area contributed by atoms with E-state index in [4.69, 9.17) is 21.6 Å². The highest BCUT2D eigenvalue weighted by Crippen LogP contribution is 2.29. The summed E-state index contributed by atoms with van der Waals surface area (Å²) in [6.07, 6.45) is 1.57. The summed E-state index contributed by atoms with van der Waals surface area (Å²) in [4.78, 5) is 18.3. The van der Waals surface area contributed by atoms with Crippen LogP contribution in [0.4, 0.5) is 5.69 Å². The molecule has 8 heteroatoms. The lowest BCUT2D eigenvalue weighted by Gasteiger charge is -2.06. The summed E-state index contributed by atoms with van der Waals surface area (Å²) < 4.78 is 6.66. The zero-order valence-corrected chi connectivity index (χ0v) is 18.0. The molecule has 0 unspecified atom stereocenters. The average Bonchev–Trinajstić information content (AvgIpc) is 2.98. The first-order chi connectivity index (χ1) is 13.8. The van der Waals surface area contributed by atoms with Crippen LogP contribution in [0.2, 0.25) is 5.02 Å².